The van der Waals surface area contributed by atoms with Gasteiger partial charge in [-0.3, -0.25) is 4.79 Å². The molecule has 6 nitrogen and oxygen atoms in total. The zero-order valence-electron chi connectivity index (χ0n) is 15.5. The summed E-state index contributed by atoms with van der Waals surface area (Å²) in [4.78, 5) is 16.1. The fraction of sp³-hybridized carbons (Fsp3) is 0.278. The molecule has 0 bridgehead atoms. The molecule has 1 aromatic carbocycles. The molecule has 0 aliphatic rings. The van der Waals surface area contributed by atoms with Gasteiger partial charge in [0.2, 0.25) is 5.13 Å². The Labute approximate surface area is 175 Å². The zero-order valence-corrected chi connectivity index (χ0v) is 16.3. The number of carbonyl (C=O) groups is 1. The number of alkyl halides is 6. The van der Waals surface area contributed by atoms with Crippen LogP contribution in [0.25, 0.3) is 16.4 Å². The Morgan fingerprint density at radius 3 is 2.55 bits per heavy atom. The molecule has 31 heavy (non-hydrogen) atoms. The first-order valence-corrected chi connectivity index (χ1v) is 9.58. The Balaban J connectivity index is 1.98. The molecule has 2 N–H and O–H groups in total. The Morgan fingerprint density at radius 2 is 1.90 bits per heavy atom. The van der Waals surface area contributed by atoms with Crippen LogP contribution in [0.1, 0.15) is 28.0 Å². The maximum absolute atomic E-state index is 13.7. The van der Waals surface area contributed by atoms with Crippen molar-refractivity contribution in [2.45, 2.75) is 18.8 Å². The Morgan fingerprint density at radius 1 is 1.16 bits per heavy atom. The highest BCUT2D eigenvalue weighted by Gasteiger charge is 2.41. The van der Waals surface area contributed by atoms with E-state index in [0.29, 0.717) is 4.68 Å². The Hall–Kier alpha value is -2.93. The van der Waals surface area contributed by atoms with Gasteiger partial charge in [-0.1, -0.05) is 12.1 Å². The minimum Gasteiger partial charge on any atom is -0.396 e. The van der Waals surface area contributed by atoms with Crippen molar-refractivity contribution in [2.24, 2.45) is 0 Å². The second-order valence-electron chi connectivity index (χ2n) is 6.24. The quantitative estimate of drug-likeness (QED) is 0.425. The van der Waals surface area contributed by atoms with Crippen LogP contribution in [0.15, 0.2) is 35.8 Å². The molecule has 3 rings (SSSR count). The van der Waals surface area contributed by atoms with Crippen LogP contribution in [-0.4, -0.2) is 38.9 Å². The predicted octanol–water partition coefficient (Wildman–Crippen LogP) is 4.15. The summed E-state index contributed by atoms with van der Waals surface area (Å²) in [7, 11) is 0. The number of nitrogens with one attached hydrogen (secondary N) is 1. The standard InChI is InChI=1S/C18H14F6N4O2S/c19-17(20,21)11-4-1-3-10(7-11)13-9-31-16(27-13)28-14(18(22,23)24)12(8-26-28)15(30)25-5-2-6-29/h1,3-4,7-9,29H,2,5-6H2,(H,25,30). The van der Waals surface area contributed by atoms with Crippen LogP contribution in [0.4, 0.5) is 26.3 Å². The van der Waals surface area contributed by atoms with Crippen LogP contribution in [0.3, 0.4) is 0 Å². The van der Waals surface area contributed by atoms with Gasteiger partial charge >= 0.3 is 12.4 Å². The monoisotopic (exact) mass is 464 g/mol. The minimum absolute atomic E-state index is 0.0312. The van der Waals surface area contributed by atoms with Gasteiger partial charge in [0.25, 0.3) is 5.91 Å². The highest BCUT2D eigenvalue weighted by molar-refractivity contribution is 7.12. The van der Waals surface area contributed by atoms with Gasteiger partial charge < -0.3 is 10.4 Å². The molecule has 3 aromatic rings. The van der Waals surface area contributed by atoms with Crippen molar-refractivity contribution >= 4 is 17.2 Å². The summed E-state index contributed by atoms with van der Waals surface area (Å²) in [5.41, 5.74) is -2.92. The second-order valence-corrected chi connectivity index (χ2v) is 7.08. The SMILES string of the molecule is O=C(NCCCO)c1cnn(-c2nc(-c3cccc(C(F)(F)F)c3)cs2)c1C(F)(F)F. The minimum atomic E-state index is -4.96. The van der Waals surface area contributed by atoms with Gasteiger partial charge in [-0.2, -0.15) is 31.4 Å². The summed E-state index contributed by atoms with van der Waals surface area (Å²) < 4.78 is 80.2. The van der Waals surface area contributed by atoms with E-state index in [9.17, 15) is 31.1 Å². The number of thiazole rings is 1. The van der Waals surface area contributed by atoms with E-state index in [0.717, 1.165) is 29.7 Å². The summed E-state index contributed by atoms with van der Waals surface area (Å²) in [6.45, 7) is -0.280. The van der Waals surface area contributed by atoms with Crippen molar-refractivity contribution < 1.29 is 36.2 Å². The van der Waals surface area contributed by atoms with E-state index in [1.807, 2.05) is 0 Å². The largest absolute Gasteiger partial charge is 0.434 e. The normalized spacial score (nSPS) is 12.2. The summed E-state index contributed by atoms with van der Waals surface area (Å²) in [5, 5.41) is 15.6. The summed E-state index contributed by atoms with van der Waals surface area (Å²) in [5.74, 6) is -1.03. The Kier molecular flexibility index (Phi) is 6.36. The van der Waals surface area contributed by atoms with Gasteiger partial charge in [-0.15, -0.1) is 11.3 Å². The van der Waals surface area contributed by atoms with Crippen molar-refractivity contribution in [3.05, 3.63) is 52.7 Å². The van der Waals surface area contributed by atoms with E-state index in [1.54, 1.807) is 0 Å². The van der Waals surface area contributed by atoms with Gasteiger partial charge in [0.1, 0.15) is 0 Å². The third-order valence-electron chi connectivity index (χ3n) is 4.06. The molecule has 0 saturated carbocycles. The molecule has 0 aliphatic heterocycles. The molecular formula is C18H14F6N4O2S. The van der Waals surface area contributed by atoms with E-state index < -0.39 is 35.1 Å². The van der Waals surface area contributed by atoms with Crippen LogP contribution >= 0.6 is 11.3 Å². The molecule has 0 spiro atoms. The fourth-order valence-corrected chi connectivity index (χ4v) is 3.45. The van der Waals surface area contributed by atoms with Crippen LogP contribution < -0.4 is 5.32 Å². The number of amides is 1. The molecule has 0 unspecified atom stereocenters. The molecule has 1 amide bonds. The molecule has 2 heterocycles. The van der Waals surface area contributed by atoms with Crippen molar-refractivity contribution in [3.63, 3.8) is 0 Å². The lowest BCUT2D eigenvalue weighted by molar-refractivity contribution is -0.143. The average molecular weight is 464 g/mol. The van der Waals surface area contributed by atoms with Gasteiger partial charge in [0, 0.05) is 24.1 Å². The average Bonchev–Trinajstić information content (AvgIpc) is 3.34. The molecule has 166 valence electrons. The van der Waals surface area contributed by atoms with Crippen molar-refractivity contribution in [2.75, 3.05) is 13.2 Å². The molecule has 0 atom stereocenters. The van der Waals surface area contributed by atoms with Gasteiger partial charge in [0.15, 0.2) is 5.69 Å². The number of hydrogen-bond acceptors (Lipinski definition) is 5. The molecule has 0 fully saturated rings. The highest BCUT2D eigenvalue weighted by Crippen LogP contribution is 2.36. The molecule has 0 saturated heterocycles. The van der Waals surface area contributed by atoms with E-state index >= 15 is 0 Å². The van der Waals surface area contributed by atoms with Gasteiger partial charge in [-0.05, 0) is 18.6 Å². The third kappa shape index (κ3) is 5.05. The lowest BCUT2D eigenvalue weighted by atomic mass is 10.1. The molecular weight excluding hydrogens is 450 g/mol. The van der Waals surface area contributed by atoms with Gasteiger partial charge in [-0.25, -0.2) is 9.67 Å². The second kappa shape index (κ2) is 8.67. The van der Waals surface area contributed by atoms with Crippen molar-refractivity contribution in [3.8, 4) is 16.4 Å². The van der Waals surface area contributed by atoms with Gasteiger partial charge in [0.05, 0.1) is 23.0 Å². The number of aliphatic hydroxyl groups excluding tert-OH is 1. The predicted molar refractivity (Wildman–Crippen MR) is 98.7 cm³/mol. The molecule has 0 aliphatic carbocycles. The number of aromatic nitrogens is 3. The zero-order chi connectivity index (χ0) is 22.8. The van der Waals surface area contributed by atoms with E-state index in [1.165, 1.54) is 17.5 Å². The third-order valence-corrected chi connectivity index (χ3v) is 4.88. The number of benzene rings is 1. The first-order valence-electron chi connectivity index (χ1n) is 8.70. The lowest BCUT2D eigenvalue weighted by Crippen LogP contribution is -2.27. The summed E-state index contributed by atoms with van der Waals surface area (Å²) >= 11 is 0.731. The number of hydrogen-bond donors (Lipinski definition) is 2. The number of carbonyl (C=O) groups excluding carboxylic acids is 1. The summed E-state index contributed by atoms with van der Waals surface area (Å²) in [6.07, 6.45) is -8.64. The van der Waals surface area contributed by atoms with Crippen molar-refractivity contribution in [1.29, 1.82) is 0 Å². The number of nitrogens with zero attached hydrogens (tertiary/aromatic N) is 3. The van der Waals surface area contributed by atoms with E-state index in [2.05, 4.69) is 15.4 Å². The maximum Gasteiger partial charge on any atom is 0.434 e. The van der Waals surface area contributed by atoms with E-state index in [-0.39, 0.29) is 36.0 Å². The lowest BCUT2D eigenvalue weighted by Gasteiger charge is -2.11. The smallest absolute Gasteiger partial charge is 0.396 e. The van der Waals surface area contributed by atoms with Crippen molar-refractivity contribution in [1.82, 2.24) is 20.1 Å². The Bertz CT molecular complexity index is 1070. The fourth-order valence-electron chi connectivity index (χ4n) is 2.66. The summed E-state index contributed by atoms with van der Waals surface area (Å²) in [6, 6.07) is 4.23. The first-order chi connectivity index (χ1) is 14.5. The maximum atomic E-state index is 13.7. The first kappa shape index (κ1) is 22.7. The van der Waals surface area contributed by atoms with E-state index in [4.69, 9.17) is 5.11 Å². The topological polar surface area (TPSA) is 80.0 Å². The number of aliphatic hydroxyl groups is 1. The van der Waals surface area contributed by atoms with Crippen LogP contribution in [0.2, 0.25) is 0 Å². The number of halogens is 6. The van der Waals surface area contributed by atoms with Crippen LogP contribution in [-0.2, 0) is 12.4 Å². The molecule has 2 aromatic heterocycles. The molecule has 13 heteroatoms. The molecule has 0 radical (unpaired) electrons. The highest BCUT2D eigenvalue weighted by atomic mass is 32.1. The number of rotatable bonds is 6. The van der Waals surface area contributed by atoms with Crippen LogP contribution in [0.5, 0.6) is 0 Å². The van der Waals surface area contributed by atoms with Crippen LogP contribution in [0, 0.1) is 0 Å².